The van der Waals surface area contributed by atoms with E-state index >= 15 is 0 Å². The summed E-state index contributed by atoms with van der Waals surface area (Å²) in [5.74, 6) is 1.11. The number of aromatic nitrogens is 4. The maximum Gasteiger partial charge on any atom is 0.223 e. The summed E-state index contributed by atoms with van der Waals surface area (Å²) in [6.45, 7) is 3.75. The zero-order valence-corrected chi connectivity index (χ0v) is 13.0. The zero-order chi connectivity index (χ0) is 15.5. The molecule has 0 spiro atoms. The van der Waals surface area contributed by atoms with Gasteiger partial charge in [0.2, 0.25) is 5.91 Å². The van der Waals surface area contributed by atoms with E-state index in [1.165, 1.54) is 0 Å². The highest BCUT2D eigenvalue weighted by atomic mass is 16.2. The second-order valence-corrected chi connectivity index (χ2v) is 5.42. The molecule has 3 heterocycles. The van der Waals surface area contributed by atoms with Gasteiger partial charge in [-0.25, -0.2) is 9.97 Å². The summed E-state index contributed by atoms with van der Waals surface area (Å²) in [5, 5.41) is 8.21. The predicted octanol–water partition coefficient (Wildman–Crippen LogP) is -0.379. The molecule has 2 aromatic rings. The van der Waals surface area contributed by atoms with Gasteiger partial charge in [-0.15, -0.1) is 0 Å². The molecule has 3 rings (SSSR count). The molecule has 118 valence electrons. The standard InChI is InChI=1S/C14H21N7O/c1-15-4-3-12(22)20-5-7-21(8-6-20)14-11-9-18-19(2)13(11)16-10-17-14/h9-10,15H,3-8H2,1-2H3. The third kappa shape index (κ3) is 2.74. The van der Waals surface area contributed by atoms with E-state index in [1.54, 1.807) is 17.2 Å². The Kier molecular flexibility index (Phi) is 4.19. The zero-order valence-electron chi connectivity index (χ0n) is 13.0. The molecule has 8 heteroatoms. The van der Waals surface area contributed by atoms with Gasteiger partial charge in [-0.3, -0.25) is 9.48 Å². The molecule has 22 heavy (non-hydrogen) atoms. The minimum absolute atomic E-state index is 0.211. The van der Waals surface area contributed by atoms with Gasteiger partial charge in [-0.1, -0.05) is 0 Å². The lowest BCUT2D eigenvalue weighted by Crippen LogP contribution is -2.49. The SMILES string of the molecule is CNCCC(=O)N1CCN(c2ncnc3c2cnn3C)CC1. The molecule has 1 aliphatic heterocycles. The number of fused-ring (bicyclic) bond motifs is 1. The van der Waals surface area contributed by atoms with Crippen LogP contribution in [-0.2, 0) is 11.8 Å². The Balaban J connectivity index is 1.69. The van der Waals surface area contributed by atoms with E-state index in [0.717, 1.165) is 49.6 Å². The van der Waals surface area contributed by atoms with Crippen LogP contribution in [0.3, 0.4) is 0 Å². The van der Waals surface area contributed by atoms with Crippen molar-refractivity contribution >= 4 is 22.8 Å². The van der Waals surface area contributed by atoms with Gasteiger partial charge >= 0.3 is 0 Å². The van der Waals surface area contributed by atoms with E-state index in [9.17, 15) is 4.79 Å². The minimum atomic E-state index is 0.211. The smallest absolute Gasteiger partial charge is 0.223 e. The maximum absolute atomic E-state index is 12.0. The quantitative estimate of drug-likeness (QED) is 0.829. The summed E-state index contributed by atoms with van der Waals surface area (Å²) in [4.78, 5) is 24.8. The van der Waals surface area contributed by atoms with Crippen LogP contribution in [0.25, 0.3) is 11.0 Å². The normalized spacial score (nSPS) is 15.5. The molecule has 0 atom stereocenters. The van der Waals surface area contributed by atoms with Crippen molar-refractivity contribution in [2.75, 3.05) is 44.7 Å². The number of hydrogen-bond acceptors (Lipinski definition) is 6. The average molecular weight is 303 g/mol. The number of rotatable bonds is 4. The third-order valence-electron chi connectivity index (χ3n) is 4.03. The molecule has 1 amide bonds. The van der Waals surface area contributed by atoms with Crippen molar-refractivity contribution in [2.45, 2.75) is 6.42 Å². The molecular weight excluding hydrogens is 282 g/mol. The second-order valence-electron chi connectivity index (χ2n) is 5.42. The maximum atomic E-state index is 12.0. The van der Waals surface area contributed by atoms with Crippen molar-refractivity contribution in [3.8, 4) is 0 Å². The van der Waals surface area contributed by atoms with Crippen molar-refractivity contribution in [3.63, 3.8) is 0 Å². The number of nitrogens with one attached hydrogen (secondary N) is 1. The summed E-state index contributed by atoms with van der Waals surface area (Å²) >= 11 is 0. The van der Waals surface area contributed by atoms with Crippen molar-refractivity contribution < 1.29 is 4.79 Å². The predicted molar refractivity (Wildman–Crippen MR) is 83.6 cm³/mol. The monoisotopic (exact) mass is 303 g/mol. The average Bonchev–Trinajstić information content (AvgIpc) is 2.94. The fourth-order valence-electron chi connectivity index (χ4n) is 2.76. The van der Waals surface area contributed by atoms with Gasteiger partial charge in [0.15, 0.2) is 5.65 Å². The Morgan fingerprint density at radius 3 is 2.77 bits per heavy atom. The highest BCUT2D eigenvalue weighted by molar-refractivity contribution is 5.86. The molecule has 1 fully saturated rings. The summed E-state index contributed by atoms with van der Waals surface area (Å²) in [7, 11) is 3.73. The van der Waals surface area contributed by atoms with Crippen LogP contribution in [0.15, 0.2) is 12.5 Å². The Bertz CT molecular complexity index is 660. The first-order valence-electron chi connectivity index (χ1n) is 7.50. The fraction of sp³-hybridized carbons (Fsp3) is 0.571. The summed E-state index contributed by atoms with van der Waals surface area (Å²) in [6.07, 6.45) is 3.93. The molecule has 2 aromatic heterocycles. The van der Waals surface area contributed by atoms with Gasteiger partial charge in [0.25, 0.3) is 0 Å². The molecule has 8 nitrogen and oxygen atoms in total. The summed E-state index contributed by atoms with van der Waals surface area (Å²) in [5.41, 5.74) is 0.831. The van der Waals surface area contributed by atoms with E-state index in [1.807, 2.05) is 19.0 Å². The van der Waals surface area contributed by atoms with Crippen LogP contribution in [0.1, 0.15) is 6.42 Å². The largest absolute Gasteiger partial charge is 0.352 e. The number of carbonyl (C=O) groups is 1. The van der Waals surface area contributed by atoms with Crippen molar-refractivity contribution in [1.29, 1.82) is 0 Å². The van der Waals surface area contributed by atoms with Gasteiger partial charge in [-0.05, 0) is 7.05 Å². The Hall–Kier alpha value is -2.22. The number of carbonyl (C=O) groups excluding carboxylic acids is 1. The number of nitrogens with zero attached hydrogens (tertiary/aromatic N) is 6. The molecule has 1 N–H and O–H groups in total. The lowest BCUT2D eigenvalue weighted by molar-refractivity contribution is -0.131. The van der Waals surface area contributed by atoms with Crippen LogP contribution in [0.5, 0.6) is 0 Å². The van der Waals surface area contributed by atoms with E-state index in [2.05, 4.69) is 25.3 Å². The molecule has 0 unspecified atom stereocenters. The Morgan fingerprint density at radius 1 is 1.27 bits per heavy atom. The molecule has 1 saturated heterocycles. The molecular formula is C14H21N7O. The lowest BCUT2D eigenvalue weighted by atomic mass is 10.2. The van der Waals surface area contributed by atoms with Crippen LogP contribution in [0.2, 0.25) is 0 Å². The first-order valence-corrected chi connectivity index (χ1v) is 7.50. The Morgan fingerprint density at radius 2 is 2.05 bits per heavy atom. The molecule has 1 aliphatic rings. The second kappa shape index (κ2) is 6.27. The molecule has 0 radical (unpaired) electrons. The first kappa shape index (κ1) is 14.7. The fourth-order valence-corrected chi connectivity index (χ4v) is 2.76. The molecule has 0 aliphatic carbocycles. The van der Waals surface area contributed by atoms with Crippen LogP contribution in [0.4, 0.5) is 5.82 Å². The topological polar surface area (TPSA) is 79.2 Å². The lowest BCUT2D eigenvalue weighted by Gasteiger charge is -2.35. The van der Waals surface area contributed by atoms with Crippen LogP contribution in [0, 0.1) is 0 Å². The van der Waals surface area contributed by atoms with Gasteiger partial charge in [0.05, 0.1) is 11.6 Å². The number of piperazine rings is 1. The number of aryl methyl sites for hydroxylation is 1. The van der Waals surface area contributed by atoms with E-state index in [0.29, 0.717) is 6.42 Å². The molecule has 0 saturated carbocycles. The molecule has 0 aromatic carbocycles. The van der Waals surface area contributed by atoms with E-state index in [-0.39, 0.29) is 5.91 Å². The number of amides is 1. The van der Waals surface area contributed by atoms with Gasteiger partial charge in [0.1, 0.15) is 12.1 Å². The van der Waals surface area contributed by atoms with Gasteiger partial charge in [0, 0.05) is 46.2 Å². The van der Waals surface area contributed by atoms with Gasteiger partial charge in [-0.2, -0.15) is 5.10 Å². The first-order chi connectivity index (χ1) is 10.7. The van der Waals surface area contributed by atoms with Crippen molar-refractivity contribution in [2.24, 2.45) is 7.05 Å². The number of hydrogen-bond donors (Lipinski definition) is 1. The van der Waals surface area contributed by atoms with Crippen molar-refractivity contribution in [3.05, 3.63) is 12.5 Å². The van der Waals surface area contributed by atoms with Crippen molar-refractivity contribution in [1.82, 2.24) is 30.0 Å². The van der Waals surface area contributed by atoms with Crippen LogP contribution >= 0.6 is 0 Å². The third-order valence-corrected chi connectivity index (χ3v) is 4.03. The van der Waals surface area contributed by atoms with Crippen LogP contribution < -0.4 is 10.2 Å². The summed E-state index contributed by atoms with van der Waals surface area (Å²) < 4.78 is 1.75. The van der Waals surface area contributed by atoms with Crippen LogP contribution in [-0.4, -0.2) is 70.3 Å². The highest BCUT2D eigenvalue weighted by Gasteiger charge is 2.23. The Labute approximate surface area is 129 Å². The van der Waals surface area contributed by atoms with Gasteiger partial charge < -0.3 is 15.1 Å². The number of anilines is 1. The minimum Gasteiger partial charge on any atom is -0.352 e. The van der Waals surface area contributed by atoms with E-state index < -0.39 is 0 Å². The van der Waals surface area contributed by atoms with E-state index in [4.69, 9.17) is 0 Å². The highest BCUT2D eigenvalue weighted by Crippen LogP contribution is 2.23. The summed E-state index contributed by atoms with van der Waals surface area (Å²) in [6, 6.07) is 0. The molecule has 0 bridgehead atoms.